The molecule has 0 saturated carbocycles. The standard InChI is InChI=1S/C13H21BN6O3S.ClH/c15-11(5-1-2-6-14(22)23)13-17-18-19-20(13)9-12(21)16-8-10-4-3-7-24-10;/h3-4,7,11,22-23H,1-2,5-6,8-9,15H2,(H,16,21);1H. The van der Waals surface area contributed by atoms with Crippen molar-refractivity contribution in [3.05, 3.63) is 28.2 Å². The maximum atomic E-state index is 12.0. The first-order chi connectivity index (χ1) is 11.6. The van der Waals surface area contributed by atoms with Crippen LogP contribution in [0, 0.1) is 0 Å². The van der Waals surface area contributed by atoms with Gasteiger partial charge in [-0.1, -0.05) is 18.9 Å². The fraction of sp³-hybridized carbons (Fsp3) is 0.538. The van der Waals surface area contributed by atoms with Crippen LogP contribution in [0.25, 0.3) is 0 Å². The van der Waals surface area contributed by atoms with Crippen molar-refractivity contribution in [2.75, 3.05) is 0 Å². The van der Waals surface area contributed by atoms with Gasteiger partial charge in [0.2, 0.25) is 5.91 Å². The van der Waals surface area contributed by atoms with Crippen molar-refractivity contribution in [2.45, 2.75) is 44.7 Å². The molecule has 12 heteroatoms. The average Bonchev–Trinajstić information content (AvgIpc) is 3.20. The zero-order valence-electron chi connectivity index (χ0n) is 13.6. The lowest BCUT2D eigenvalue weighted by Gasteiger charge is -2.11. The van der Waals surface area contributed by atoms with Gasteiger partial charge in [-0.15, -0.1) is 28.8 Å². The molecule has 0 radical (unpaired) electrons. The highest BCUT2D eigenvalue weighted by Gasteiger charge is 2.17. The summed E-state index contributed by atoms with van der Waals surface area (Å²) in [6.07, 6.45) is 2.27. The Balaban J connectivity index is 0.00000312. The highest BCUT2D eigenvalue weighted by molar-refractivity contribution is 7.09. The third-order valence-electron chi connectivity index (χ3n) is 3.45. The van der Waals surface area contributed by atoms with E-state index in [0.29, 0.717) is 31.5 Å². The molecule has 0 bridgehead atoms. The summed E-state index contributed by atoms with van der Waals surface area (Å²) in [5.74, 6) is 0.262. The van der Waals surface area contributed by atoms with E-state index in [1.807, 2.05) is 17.5 Å². The number of nitrogens with one attached hydrogen (secondary N) is 1. The lowest BCUT2D eigenvalue weighted by atomic mass is 9.83. The first kappa shape index (κ1) is 21.5. The van der Waals surface area contributed by atoms with E-state index in [9.17, 15) is 4.79 Å². The van der Waals surface area contributed by atoms with Crippen LogP contribution < -0.4 is 11.1 Å². The molecule has 0 fully saturated rings. The van der Waals surface area contributed by atoms with Gasteiger partial charge in [-0.3, -0.25) is 4.79 Å². The Morgan fingerprint density at radius 2 is 2.24 bits per heavy atom. The summed E-state index contributed by atoms with van der Waals surface area (Å²) in [6, 6.07) is 3.48. The van der Waals surface area contributed by atoms with E-state index >= 15 is 0 Å². The van der Waals surface area contributed by atoms with Crippen LogP contribution in [-0.2, 0) is 17.9 Å². The average molecular weight is 389 g/mol. The zero-order valence-corrected chi connectivity index (χ0v) is 15.2. The largest absolute Gasteiger partial charge is 0.451 e. The van der Waals surface area contributed by atoms with Gasteiger partial charge in [-0.2, -0.15) is 0 Å². The number of thiophene rings is 1. The van der Waals surface area contributed by atoms with Gasteiger partial charge in [0.1, 0.15) is 6.54 Å². The van der Waals surface area contributed by atoms with Gasteiger partial charge in [0.15, 0.2) is 5.82 Å². The summed E-state index contributed by atoms with van der Waals surface area (Å²) in [5.41, 5.74) is 6.07. The van der Waals surface area contributed by atoms with Gasteiger partial charge in [-0.25, -0.2) is 4.68 Å². The molecule has 0 aliphatic rings. The summed E-state index contributed by atoms with van der Waals surface area (Å²) in [4.78, 5) is 13.1. The van der Waals surface area contributed by atoms with Gasteiger partial charge in [-0.05, 0) is 34.6 Å². The molecule has 1 unspecified atom stereocenters. The summed E-state index contributed by atoms with van der Waals surface area (Å²) < 4.78 is 1.40. The molecule has 138 valence electrons. The number of halogens is 1. The lowest BCUT2D eigenvalue weighted by Crippen LogP contribution is -2.29. The molecule has 2 rings (SSSR count). The highest BCUT2D eigenvalue weighted by Crippen LogP contribution is 2.15. The van der Waals surface area contributed by atoms with Gasteiger partial charge >= 0.3 is 7.12 Å². The van der Waals surface area contributed by atoms with Crippen molar-refractivity contribution in [3.63, 3.8) is 0 Å². The SMILES string of the molecule is Cl.NC(CCCCB(O)O)c1nnnn1CC(=O)NCc1cccs1. The fourth-order valence-electron chi connectivity index (χ4n) is 2.20. The molecule has 5 N–H and O–H groups in total. The molecule has 9 nitrogen and oxygen atoms in total. The van der Waals surface area contributed by atoms with Gasteiger partial charge in [0.25, 0.3) is 0 Å². The van der Waals surface area contributed by atoms with Crippen LogP contribution in [0.5, 0.6) is 0 Å². The smallest absolute Gasteiger partial charge is 0.427 e. The first-order valence-electron chi connectivity index (χ1n) is 7.73. The first-order valence-corrected chi connectivity index (χ1v) is 8.61. The van der Waals surface area contributed by atoms with Crippen molar-refractivity contribution in [1.29, 1.82) is 0 Å². The number of tetrazole rings is 1. The monoisotopic (exact) mass is 388 g/mol. The van der Waals surface area contributed by atoms with Crippen LogP contribution in [0.15, 0.2) is 17.5 Å². The molecule has 2 aromatic rings. The predicted molar refractivity (Wildman–Crippen MR) is 97.0 cm³/mol. The second-order valence-electron chi connectivity index (χ2n) is 5.42. The number of unbranched alkanes of at least 4 members (excludes halogenated alkanes) is 1. The lowest BCUT2D eigenvalue weighted by molar-refractivity contribution is -0.122. The molecule has 1 amide bonds. The van der Waals surface area contributed by atoms with Crippen molar-refractivity contribution >= 4 is 36.8 Å². The molecule has 0 aliphatic carbocycles. The summed E-state index contributed by atoms with van der Waals surface area (Å²) >= 11 is 1.58. The number of carbonyl (C=O) groups excluding carboxylic acids is 1. The van der Waals surface area contributed by atoms with E-state index in [2.05, 4.69) is 20.8 Å². The number of rotatable bonds is 10. The van der Waals surface area contributed by atoms with Crippen LogP contribution in [0.4, 0.5) is 0 Å². The molecule has 25 heavy (non-hydrogen) atoms. The Morgan fingerprint density at radius 1 is 1.44 bits per heavy atom. The van der Waals surface area contributed by atoms with E-state index in [4.69, 9.17) is 15.8 Å². The Morgan fingerprint density at radius 3 is 2.92 bits per heavy atom. The minimum absolute atomic E-state index is 0. The molecule has 0 spiro atoms. The van der Waals surface area contributed by atoms with Gasteiger partial charge < -0.3 is 21.1 Å². The quantitative estimate of drug-likeness (QED) is 0.335. The topological polar surface area (TPSA) is 139 Å². The number of nitrogens with zero attached hydrogens (tertiary/aromatic N) is 4. The third kappa shape index (κ3) is 7.49. The number of nitrogens with two attached hydrogens (primary N) is 1. The molecular weight excluding hydrogens is 367 g/mol. The molecule has 0 saturated heterocycles. The summed E-state index contributed by atoms with van der Waals surface area (Å²) in [6.45, 7) is 0.486. The Hall–Kier alpha value is -1.53. The number of hydrogen-bond donors (Lipinski definition) is 4. The van der Waals surface area contributed by atoms with Crippen LogP contribution in [0.3, 0.4) is 0 Å². The van der Waals surface area contributed by atoms with Crippen LogP contribution in [-0.4, -0.2) is 43.3 Å². The molecule has 2 aromatic heterocycles. The van der Waals surface area contributed by atoms with E-state index in [1.165, 1.54) is 4.68 Å². The van der Waals surface area contributed by atoms with Crippen LogP contribution in [0.2, 0.25) is 6.32 Å². The number of hydrogen-bond acceptors (Lipinski definition) is 8. The van der Waals surface area contributed by atoms with Crippen molar-refractivity contribution in [2.24, 2.45) is 5.73 Å². The highest BCUT2D eigenvalue weighted by atomic mass is 35.5. The number of carbonyl (C=O) groups is 1. The Labute approximate surface area is 156 Å². The summed E-state index contributed by atoms with van der Waals surface area (Å²) in [7, 11) is -1.29. The molecule has 0 aromatic carbocycles. The Bertz CT molecular complexity index is 627. The van der Waals surface area contributed by atoms with E-state index in [-0.39, 0.29) is 24.9 Å². The number of amides is 1. The van der Waals surface area contributed by atoms with E-state index < -0.39 is 13.2 Å². The third-order valence-corrected chi connectivity index (χ3v) is 4.33. The normalized spacial score (nSPS) is 11.6. The second-order valence-corrected chi connectivity index (χ2v) is 6.45. The van der Waals surface area contributed by atoms with Crippen LogP contribution >= 0.6 is 23.7 Å². The zero-order chi connectivity index (χ0) is 17.4. The minimum Gasteiger partial charge on any atom is -0.427 e. The molecule has 1 atom stereocenters. The maximum absolute atomic E-state index is 12.0. The molecule has 2 heterocycles. The van der Waals surface area contributed by atoms with E-state index in [1.54, 1.807) is 11.3 Å². The maximum Gasteiger partial charge on any atom is 0.451 e. The van der Waals surface area contributed by atoms with Gasteiger partial charge in [0, 0.05) is 4.88 Å². The molecule has 0 aliphatic heterocycles. The van der Waals surface area contributed by atoms with Crippen molar-refractivity contribution < 1.29 is 14.8 Å². The second kappa shape index (κ2) is 11.2. The van der Waals surface area contributed by atoms with E-state index in [0.717, 1.165) is 11.3 Å². The fourth-order valence-corrected chi connectivity index (χ4v) is 2.85. The predicted octanol–water partition coefficient (Wildman–Crippen LogP) is 0.116. The number of aromatic nitrogens is 4. The van der Waals surface area contributed by atoms with Crippen molar-refractivity contribution in [3.8, 4) is 0 Å². The van der Waals surface area contributed by atoms with Gasteiger partial charge in [0.05, 0.1) is 12.6 Å². The van der Waals surface area contributed by atoms with Crippen LogP contribution in [0.1, 0.15) is 36.0 Å². The minimum atomic E-state index is -1.29. The summed E-state index contributed by atoms with van der Waals surface area (Å²) in [5, 5.41) is 33.7. The van der Waals surface area contributed by atoms with Crippen molar-refractivity contribution in [1.82, 2.24) is 25.5 Å². The molecular formula is C13H22BClN6O3S. The Kier molecular flexibility index (Phi) is 9.61.